The summed E-state index contributed by atoms with van der Waals surface area (Å²) < 4.78 is 5.41. The molecule has 3 rings (SSSR count). The van der Waals surface area contributed by atoms with Gasteiger partial charge in [-0.3, -0.25) is 4.79 Å². The van der Waals surface area contributed by atoms with Crippen LogP contribution in [0.15, 0.2) is 16.7 Å². The second-order valence-electron chi connectivity index (χ2n) is 6.29. The van der Waals surface area contributed by atoms with E-state index in [1.54, 1.807) is 6.26 Å². The van der Waals surface area contributed by atoms with Crippen LogP contribution < -0.4 is 0 Å². The molecule has 3 nitrogen and oxygen atoms in total. The van der Waals surface area contributed by atoms with Crippen molar-refractivity contribution in [3.8, 4) is 0 Å². The van der Waals surface area contributed by atoms with Crippen molar-refractivity contribution in [2.75, 3.05) is 0 Å². The molecule has 1 amide bonds. The van der Waals surface area contributed by atoms with Gasteiger partial charge in [-0.1, -0.05) is 6.92 Å². The fourth-order valence-electron chi connectivity index (χ4n) is 3.21. The highest BCUT2D eigenvalue weighted by atomic mass is 16.3. The van der Waals surface area contributed by atoms with Crippen LogP contribution in [0, 0.1) is 12.8 Å². The Labute approximate surface area is 115 Å². The molecule has 1 aromatic heterocycles. The summed E-state index contributed by atoms with van der Waals surface area (Å²) in [6.45, 7) is 4.26. The maximum atomic E-state index is 12.7. The molecule has 2 saturated carbocycles. The molecule has 0 unspecified atom stereocenters. The minimum atomic E-state index is 0.115. The van der Waals surface area contributed by atoms with Gasteiger partial charge in [-0.25, -0.2) is 0 Å². The van der Waals surface area contributed by atoms with E-state index in [9.17, 15) is 4.79 Å². The van der Waals surface area contributed by atoms with Gasteiger partial charge in [0, 0.05) is 17.6 Å². The Bertz CT molecular complexity index is 453. The SMILES string of the molecule is Cc1ccoc1C(=O)N(C1CCC(C)CC1)C1CC1. The van der Waals surface area contributed by atoms with E-state index in [1.807, 2.05) is 13.0 Å². The lowest BCUT2D eigenvalue weighted by atomic mass is 9.86. The van der Waals surface area contributed by atoms with E-state index >= 15 is 0 Å². The molecule has 0 spiro atoms. The first-order valence-electron chi connectivity index (χ1n) is 7.53. The van der Waals surface area contributed by atoms with Gasteiger partial charge >= 0.3 is 0 Å². The maximum absolute atomic E-state index is 12.7. The predicted molar refractivity (Wildman–Crippen MR) is 74.1 cm³/mol. The lowest BCUT2D eigenvalue weighted by molar-refractivity contribution is 0.0560. The van der Waals surface area contributed by atoms with Crippen LogP contribution in [0.4, 0.5) is 0 Å². The quantitative estimate of drug-likeness (QED) is 0.829. The van der Waals surface area contributed by atoms with E-state index in [4.69, 9.17) is 4.42 Å². The van der Waals surface area contributed by atoms with Crippen molar-refractivity contribution in [3.05, 3.63) is 23.7 Å². The second kappa shape index (κ2) is 5.03. The number of carbonyl (C=O) groups excluding carboxylic acids is 1. The zero-order valence-corrected chi connectivity index (χ0v) is 11.9. The first-order valence-corrected chi connectivity index (χ1v) is 7.53. The number of carbonyl (C=O) groups is 1. The molecule has 0 radical (unpaired) electrons. The van der Waals surface area contributed by atoms with Gasteiger partial charge < -0.3 is 9.32 Å². The highest BCUT2D eigenvalue weighted by Gasteiger charge is 2.39. The number of hydrogen-bond donors (Lipinski definition) is 0. The molecule has 104 valence electrons. The van der Waals surface area contributed by atoms with Gasteiger partial charge in [-0.2, -0.15) is 0 Å². The molecule has 2 fully saturated rings. The summed E-state index contributed by atoms with van der Waals surface area (Å²) in [6, 6.07) is 2.78. The molecule has 0 saturated heterocycles. The average molecular weight is 261 g/mol. The van der Waals surface area contributed by atoms with E-state index in [2.05, 4.69) is 11.8 Å². The zero-order chi connectivity index (χ0) is 13.4. The molecule has 2 aliphatic carbocycles. The Morgan fingerprint density at radius 2 is 1.74 bits per heavy atom. The van der Waals surface area contributed by atoms with Gasteiger partial charge in [0.1, 0.15) is 0 Å². The Morgan fingerprint density at radius 1 is 1.16 bits per heavy atom. The molecular weight excluding hydrogens is 238 g/mol. The van der Waals surface area contributed by atoms with Gasteiger partial charge in [-0.15, -0.1) is 0 Å². The van der Waals surface area contributed by atoms with Crippen molar-refractivity contribution in [1.82, 2.24) is 4.90 Å². The summed E-state index contributed by atoms with van der Waals surface area (Å²) >= 11 is 0. The van der Waals surface area contributed by atoms with Crippen LogP contribution in [0.2, 0.25) is 0 Å². The smallest absolute Gasteiger partial charge is 0.290 e. The largest absolute Gasteiger partial charge is 0.459 e. The van der Waals surface area contributed by atoms with E-state index in [0.717, 1.165) is 37.2 Å². The van der Waals surface area contributed by atoms with E-state index < -0.39 is 0 Å². The van der Waals surface area contributed by atoms with Crippen LogP contribution in [-0.4, -0.2) is 22.9 Å². The van der Waals surface area contributed by atoms with Crippen molar-refractivity contribution in [2.24, 2.45) is 5.92 Å². The highest BCUT2D eigenvalue weighted by Crippen LogP contribution is 2.36. The zero-order valence-electron chi connectivity index (χ0n) is 11.9. The van der Waals surface area contributed by atoms with Crippen molar-refractivity contribution in [3.63, 3.8) is 0 Å². The van der Waals surface area contributed by atoms with Gasteiger partial charge in [0.05, 0.1) is 6.26 Å². The standard InChI is InChI=1S/C16H23NO2/c1-11-3-5-13(6-4-11)17(14-7-8-14)16(18)15-12(2)9-10-19-15/h9-11,13-14H,3-8H2,1-2H3. The average Bonchev–Trinajstić information content (AvgIpc) is 3.13. The van der Waals surface area contributed by atoms with Gasteiger partial charge in [-0.05, 0) is 57.4 Å². The molecule has 1 heterocycles. The molecule has 19 heavy (non-hydrogen) atoms. The van der Waals surface area contributed by atoms with Crippen molar-refractivity contribution < 1.29 is 9.21 Å². The molecule has 0 aliphatic heterocycles. The predicted octanol–water partition coefficient (Wildman–Crippen LogP) is 3.77. The van der Waals surface area contributed by atoms with Gasteiger partial charge in [0.2, 0.25) is 0 Å². The molecule has 1 aromatic rings. The van der Waals surface area contributed by atoms with Crippen LogP contribution in [0.3, 0.4) is 0 Å². The topological polar surface area (TPSA) is 33.5 Å². The third-order valence-electron chi connectivity index (χ3n) is 4.61. The summed E-state index contributed by atoms with van der Waals surface area (Å²) in [5, 5.41) is 0. The minimum absolute atomic E-state index is 0.115. The number of amides is 1. The van der Waals surface area contributed by atoms with E-state index in [1.165, 1.54) is 12.8 Å². The Kier molecular flexibility index (Phi) is 3.38. The van der Waals surface area contributed by atoms with E-state index in [-0.39, 0.29) is 5.91 Å². The monoisotopic (exact) mass is 261 g/mol. The van der Waals surface area contributed by atoms with Gasteiger partial charge in [0.25, 0.3) is 5.91 Å². The third-order valence-corrected chi connectivity index (χ3v) is 4.61. The summed E-state index contributed by atoms with van der Waals surface area (Å²) in [7, 11) is 0. The van der Waals surface area contributed by atoms with Crippen LogP contribution in [0.25, 0.3) is 0 Å². The first kappa shape index (κ1) is 12.8. The number of nitrogens with zero attached hydrogens (tertiary/aromatic N) is 1. The number of aryl methyl sites for hydroxylation is 1. The molecule has 3 heteroatoms. The summed E-state index contributed by atoms with van der Waals surface area (Å²) in [6.07, 6.45) is 8.76. The maximum Gasteiger partial charge on any atom is 0.290 e. The Hall–Kier alpha value is -1.25. The Morgan fingerprint density at radius 3 is 2.21 bits per heavy atom. The molecular formula is C16H23NO2. The highest BCUT2D eigenvalue weighted by molar-refractivity contribution is 5.93. The number of furan rings is 1. The van der Waals surface area contributed by atoms with Crippen LogP contribution in [-0.2, 0) is 0 Å². The Balaban J connectivity index is 1.78. The van der Waals surface area contributed by atoms with Crippen LogP contribution >= 0.6 is 0 Å². The first-order chi connectivity index (χ1) is 9.16. The lowest BCUT2D eigenvalue weighted by Gasteiger charge is -2.36. The normalized spacial score (nSPS) is 27.3. The fourth-order valence-corrected chi connectivity index (χ4v) is 3.21. The van der Waals surface area contributed by atoms with Crippen molar-refractivity contribution >= 4 is 5.91 Å². The molecule has 0 atom stereocenters. The van der Waals surface area contributed by atoms with Crippen LogP contribution in [0.5, 0.6) is 0 Å². The summed E-state index contributed by atoms with van der Waals surface area (Å²) in [5.41, 5.74) is 0.958. The fraction of sp³-hybridized carbons (Fsp3) is 0.688. The lowest BCUT2D eigenvalue weighted by Crippen LogP contribution is -2.43. The van der Waals surface area contributed by atoms with Crippen LogP contribution in [0.1, 0.15) is 61.6 Å². The van der Waals surface area contributed by atoms with Gasteiger partial charge in [0.15, 0.2) is 5.76 Å². The van der Waals surface area contributed by atoms with Crippen molar-refractivity contribution in [2.45, 2.75) is 64.5 Å². The number of hydrogen-bond acceptors (Lipinski definition) is 2. The summed E-state index contributed by atoms with van der Waals surface area (Å²) in [4.78, 5) is 14.9. The second-order valence-corrected chi connectivity index (χ2v) is 6.29. The minimum Gasteiger partial charge on any atom is -0.459 e. The van der Waals surface area contributed by atoms with E-state index in [0.29, 0.717) is 17.8 Å². The third kappa shape index (κ3) is 2.56. The molecule has 0 N–H and O–H groups in total. The molecule has 0 aromatic carbocycles. The molecule has 2 aliphatic rings. The summed E-state index contributed by atoms with van der Waals surface area (Å²) in [5.74, 6) is 1.48. The van der Waals surface area contributed by atoms with Crippen molar-refractivity contribution in [1.29, 1.82) is 0 Å². The molecule has 0 bridgehead atoms. The number of rotatable bonds is 3.